The zero-order valence-corrected chi connectivity index (χ0v) is 49.5. The lowest BCUT2D eigenvalue weighted by Crippen LogP contribution is -2.56. The van der Waals surface area contributed by atoms with Gasteiger partial charge in [0.2, 0.25) is 0 Å². The van der Waals surface area contributed by atoms with Crippen molar-refractivity contribution < 1.29 is 86.0 Å². The van der Waals surface area contributed by atoms with E-state index in [1.807, 2.05) is 0 Å². The lowest BCUT2D eigenvalue weighted by atomic mass is 10.0. The molecule has 1 fully saturated rings. The molecule has 0 aliphatic carbocycles. The number of hydrogen-bond donors (Lipinski definition) is 6. The van der Waals surface area contributed by atoms with E-state index >= 15 is 0 Å². The summed E-state index contributed by atoms with van der Waals surface area (Å²) in [4.78, 5) is 165. The van der Waals surface area contributed by atoms with Crippen LogP contribution in [0.1, 0.15) is 145 Å². The Morgan fingerprint density at radius 2 is 0.372 bits per heavy atom. The summed E-state index contributed by atoms with van der Waals surface area (Å²) in [5.41, 5.74) is 0. The highest BCUT2D eigenvalue weighted by Crippen LogP contribution is 2.19. The van der Waals surface area contributed by atoms with E-state index in [0.29, 0.717) is 0 Å². The van der Waals surface area contributed by atoms with Gasteiger partial charge in [-0.1, -0.05) is 125 Å². The summed E-state index contributed by atoms with van der Waals surface area (Å²) in [6.45, 7) is 32.1. The van der Waals surface area contributed by atoms with Crippen LogP contribution in [0.4, 0.5) is 0 Å². The molecule has 24 heteroatoms. The molecule has 0 bridgehead atoms. The fraction of sp³-hybridized carbons (Fsp3) is 0.778. The van der Waals surface area contributed by atoms with Gasteiger partial charge in [0, 0.05) is 0 Å². The van der Waals surface area contributed by atoms with Crippen molar-refractivity contribution in [2.45, 2.75) is 218 Å². The molecule has 444 valence electrons. The standard InChI is InChI=1S/C54H90N6O18/c1-22(2)34-49(67)73-31(19)43(61)55-38(26(9)10)53(71)77-41(29(15)16)47(65)59-36(24(5)6)51(69)75-33(21)45(63)57-39(27(11)12)54(72)78-42(30(17)18)48(66)60-35(23(3)4)50(68)74-32(20)44(62)56-37(25(7)8)52(70)76-40(28(13)14)46(64)58-34/h22-42H,1-21H3,(H,55,61)(H,56,62)(H,57,63)(H,58,64)(H,59,65)(H,60,66)/t31-,32-,33+,34-,35-,36+,37+,38+,39+,40+,41+,42-/m0/s1. The van der Waals surface area contributed by atoms with Crippen molar-refractivity contribution in [1.82, 2.24) is 31.9 Å². The molecule has 0 saturated carbocycles. The van der Waals surface area contributed by atoms with E-state index in [-0.39, 0.29) is 0 Å². The lowest BCUT2D eigenvalue weighted by Gasteiger charge is -2.30. The Labute approximate surface area is 459 Å². The average molecular weight is 1110 g/mol. The van der Waals surface area contributed by atoms with E-state index < -0.39 is 197 Å². The van der Waals surface area contributed by atoms with Gasteiger partial charge in [0.05, 0.1) is 0 Å². The van der Waals surface area contributed by atoms with Crippen LogP contribution in [-0.4, -0.2) is 144 Å². The van der Waals surface area contributed by atoms with E-state index in [2.05, 4.69) is 31.9 Å². The molecule has 24 nitrogen and oxygen atoms in total. The van der Waals surface area contributed by atoms with Crippen LogP contribution in [0, 0.1) is 53.3 Å². The molecule has 0 aromatic rings. The summed E-state index contributed by atoms with van der Waals surface area (Å²) in [7, 11) is 0. The first-order chi connectivity index (χ1) is 35.9. The number of cyclic esters (lactones) is 6. The van der Waals surface area contributed by atoms with Crippen LogP contribution in [0.2, 0.25) is 0 Å². The van der Waals surface area contributed by atoms with Crippen molar-refractivity contribution in [1.29, 1.82) is 0 Å². The highest BCUT2D eigenvalue weighted by Gasteiger charge is 2.42. The zero-order chi connectivity index (χ0) is 60.5. The third-order valence-electron chi connectivity index (χ3n) is 12.6. The first-order valence-electron chi connectivity index (χ1n) is 26.9. The maximum atomic E-state index is 13.9. The molecule has 0 aromatic carbocycles. The maximum absolute atomic E-state index is 13.9. The molecular formula is C54H90N6O18. The highest BCUT2D eigenvalue weighted by molar-refractivity contribution is 5.96. The molecule has 0 aromatic heterocycles. The monoisotopic (exact) mass is 1110 g/mol. The number of esters is 6. The number of carbonyl (C=O) groups excluding carboxylic acids is 12. The Hall–Kier alpha value is -6.36. The molecule has 1 rings (SSSR count). The molecule has 1 aliphatic heterocycles. The van der Waals surface area contributed by atoms with Crippen LogP contribution < -0.4 is 31.9 Å². The number of hydrogen-bond acceptors (Lipinski definition) is 18. The Bertz CT molecular complexity index is 1890. The summed E-state index contributed by atoms with van der Waals surface area (Å²) >= 11 is 0. The molecule has 1 heterocycles. The summed E-state index contributed by atoms with van der Waals surface area (Å²) < 4.78 is 33.5. The minimum absolute atomic E-state index is 0.647. The first kappa shape index (κ1) is 69.7. The molecule has 1 saturated heterocycles. The van der Waals surface area contributed by atoms with Gasteiger partial charge in [-0.25, -0.2) is 28.8 Å². The van der Waals surface area contributed by atoms with Gasteiger partial charge in [-0.15, -0.1) is 0 Å². The molecule has 0 radical (unpaired) electrons. The molecule has 6 N–H and O–H groups in total. The molecule has 0 unspecified atom stereocenters. The quantitative estimate of drug-likeness (QED) is 0.143. The second-order valence-electron chi connectivity index (χ2n) is 22.9. The topological polar surface area (TPSA) is 332 Å². The molecule has 0 spiro atoms. The molecular weight excluding hydrogens is 1020 g/mol. The minimum Gasteiger partial charge on any atom is -0.451 e. The number of nitrogens with one attached hydrogen (secondary N) is 6. The van der Waals surface area contributed by atoms with Crippen molar-refractivity contribution >= 4 is 71.3 Å². The summed E-state index contributed by atoms with van der Waals surface area (Å²) in [5, 5.41) is 15.1. The number of amides is 6. The predicted molar refractivity (Wildman–Crippen MR) is 281 cm³/mol. The van der Waals surface area contributed by atoms with Gasteiger partial charge in [-0.05, 0) is 74.0 Å². The Balaban J connectivity index is 3.87. The summed E-state index contributed by atoms with van der Waals surface area (Å²) in [6, 6.07) is -8.38. The van der Waals surface area contributed by atoms with E-state index in [0.717, 1.165) is 0 Å². The van der Waals surface area contributed by atoms with Gasteiger partial charge in [0.1, 0.15) is 36.3 Å². The van der Waals surface area contributed by atoms with Crippen molar-refractivity contribution in [3.63, 3.8) is 0 Å². The third kappa shape index (κ3) is 20.8. The highest BCUT2D eigenvalue weighted by atomic mass is 16.6. The van der Waals surface area contributed by atoms with E-state index in [4.69, 9.17) is 28.4 Å². The summed E-state index contributed by atoms with van der Waals surface area (Å²) in [5.74, 6) is -17.8. The van der Waals surface area contributed by atoms with Crippen LogP contribution in [0.15, 0.2) is 0 Å². The zero-order valence-electron chi connectivity index (χ0n) is 49.5. The van der Waals surface area contributed by atoms with Gasteiger partial charge >= 0.3 is 35.8 Å². The fourth-order valence-corrected chi connectivity index (χ4v) is 7.48. The second-order valence-corrected chi connectivity index (χ2v) is 22.9. The number of rotatable bonds is 9. The van der Waals surface area contributed by atoms with Crippen molar-refractivity contribution in [3.05, 3.63) is 0 Å². The Kier molecular flexibility index (Phi) is 27.9. The largest absolute Gasteiger partial charge is 0.451 e. The van der Waals surface area contributed by atoms with Crippen LogP contribution in [0.5, 0.6) is 0 Å². The van der Waals surface area contributed by atoms with Crippen molar-refractivity contribution in [3.8, 4) is 0 Å². The van der Waals surface area contributed by atoms with Gasteiger partial charge in [0.15, 0.2) is 36.6 Å². The average Bonchev–Trinajstić information content (AvgIpc) is 3.31. The van der Waals surface area contributed by atoms with Gasteiger partial charge in [0.25, 0.3) is 35.4 Å². The van der Waals surface area contributed by atoms with E-state index in [1.165, 1.54) is 20.8 Å². The molecule has 78 heavy (non-hydrogen) atoms. The third-order valence-corrected chi connectivity index (χ3v) is 12.6. The predicted octanol–water partition coefficient (Wildman–Crippen LogP) is 2.34. The molecule has 1 aliphatic rings. The van der Waals surface area contributed by atoms with Crippen LogP contribution in [-0.2, 0) is 86.0 Å². The normalized spacial score (nSPS) is 28.8. The molecule has 12 atom stereocenters. The van der Waals surface area contributed by atoms with Gasteiger partial charge < -0.3 is 60.3 Å². The SMILES string of the molecule is CC(C)[C@@H]1NC(=O)[C@H](C(C)C)OC(=O)[C@@H](C(C)C)NC(=O)[C@@H](C)OC(=O)[C@@H](C(C)C)NC(=O)[C@@H](C(C)C)OC(=O)[C@@H](C(C)C)NC(=O)[C@H](C)OC(=O)[C@H](C(C)C)NC(=O)[C@@H](C(C)C)OC(=O)[C@@H](C(C)C)NC(=O)[C@H](C)OC1=O. The minimum atomic E-state index is -1.55. The van der Waals surface area contributed by atoms with Crippen LogP contribution >= 0.6 is 0 Å². The maximum Gasteiger partial charge on any atom is 0.329 e. The smallest absolute Gasteiger partial charge is 0.329 e. The van der Waals surface area contributed by atoms with E-state index in [9.17, 15) is 57.5 Å². The van der Waals surface area contributed by atoms with Crippen LogP contribution in [0.25, 0.3) is 0 Å². The van der Waals surface area contributed by atoms with Crippen molar-refractivity contribution in [2.75, 3.05) is 0 Å². The number of carbonyl (C=O) groups is 12. The van der Waals surface area contributed by atoms with E-state index in [1.54, 1.807) is 125 Å². The Morgan fingerprint density at radius 1 is 0.231 bits per heavy atom. The Morgan fingerprint density at radius 3 is 0.513 bits per heavy atom. The van der Waals surface area contributed by atoms with Gasteiger partial charge in [-0.3, -0.25) is 28.8 Å². The lowest BCUT2D eigenvalue weighted by molar-refractivity contribution is -0.167. The number of ether oxygens (including phenoxy) is 6. The second kappa shape index (κ2) is 31.3. The fourth-order valence-electron chi connectivity index (χ4n) is 7.48. The molecule has 6 amide bonds. The van der Waals surface area contributed by atoms with Crippen molar-refractivity contribution in [2.24, 2.45) is 53.3 Å². The summed E-state index contributed by atoms with van der Waals surface area (Å²) in [6.07, 6.45) is -9.25. The van der Waals surface area contributed by atoms with Crippen LogP contribution in [0.3, 0.4) is 0 Å². The first-order valence-corrected chi connectivity index (χ1v) is 26.9. The van der Waals surface area contributed by atoms with Gasteiger partial charge in [-0.2, -0.15) is 0 Å².